The van der Waals surface area contributed by atoms with Gasteiger partial charge in [-0.15, -0.1) is 0 Å². The van der Waals surface area contributed by atoms with E-state index < -0.39 is 0 Å². The standard InChI is InChI=1S/C20H30N6O2/c1-2-22-20(24-6-3-10-27-14-18-5-11-28-15-18)25-13-17-4-7-23-19(12-17)26-9-8-21-16-26/h4,7-9,12,16,18H,2-3,5-6,10-11,13-15H2,1H3,(H2,22,24,25). The summed E-state index contributed by atoms with van der Waals surface area (Å²) in [6.07, 6.45) is 9.22. The third-order valence-corrected chi connectivity index (χ3v) is 4.48. The molecule has 1 aliphatic heterocycles. The number of ether oxygens (including phenoxy) is 2. The van der Waals surface area contributed by atoms with Crippen molar-refractivity contribution in [1.82, 2.24) is 25.2 Å². The van der Waals surface area contributed by atoms with Crippen molar-refractivity contribution in [2.75, 3.05) is 39.5 Å². The van der Waals surface area contributed by atoms with Crippen LogP contribution < -0.4 is 10.6 Å². The molecule has 0 saturated carbocycles. The molecule has 8 nitrogen and oxygen atoms in total. The quantitative estimate of drug-likeness (QED) is 0.368. The summed E-state index contributed by atoms with van der Waals surface area (Å²) >= 11 is 0. The second-order valence-electron chi connectivity index (χ2n) is 6.77. The number of imidazole rings is 1. The molecule has 28 heavy (non-hydrogen) atoms. The zero-order chi connectivity index (χ0) is 19.4. The second-order valence-corrected chi connectivity index (χ2v) is 6.77. The van der Waals surface area contributed by atoms with Gasteiger partial charge in [-0.3, -0.25) is 4.57 Å². The van der Waals surface area contributed by atoms with Crippen molar-refractivity contribution in [2.24, 2.45) is 10.9 Å². The van der Waals surface area contributed by atoms with Gasteiger partial charge in [-0.05, 0) is 37.5 Å². The average molecular weight is 387 g/mol. The average Bonchev–Trinajstić information content (AvgIpc) is 3.43. The number of hydrogen-bond acceptors (Lipinski definition) is 5. The van der Waals surface area contributed by atoms with Crippen LogP contribution in [0.4, 0.5) is 0 Å². The number of aromatic nitrogens is 3. The summed E-state index contributed by atoms with van der Waals surface area (Å²) in [5, 5.41) is 6.65. The minimum atomic E-state index is 0.569. The molecule has 1 saturated heterocycles. The molecule has 0 radical (unpaired) electrons. The summed E-state index contributed by atoms with van der Waals surface area (Å²) < 4.78 is 13.0. The number of hydrogen-bond donors (Lipinski definition) is 2. The molecule has 1 unspecified atom stereocenters. The first-order valence-electron chi connectivity index (χ1n) is 9.96. The van der Waals surface area contributed by atoms with Gasteiger partial charge >= 0.3 is 0 Å². The second kappa shape index (κ2) is 11.4. The highest BCUT2D eigenvalue weighted by Gasteiger charge is 2.15. The van der Waals surface area contributed by atoms with Crippen LogP contribution in [0.25, 0.3) is 5.82 Å². The lowest BCUT2D eigenvalue weighted by Crippen LogP contribution is -2.38. The van der Waals surface area contributed by atoms with Crippen LogP contribution in [0, 0.1) is 5.92 Å². The maximum atomic E-state index is 5.74. The first kappa shape index (κ1) is 20.3. The van der Waals surface area contributed by atoms with Crippen LogP contribution in [-0.4, -0.2) is 60.0 Å². The number of nitrogens with zero attached hydrogens (tertiary/aromatic N) is 4. The van der Waals surface area contributed by atoms with Crippen LogP contribution in [-0.2, 0) is 16.0 Å². The van der Waals surface area contributed by atoms with Gasteiger partial charge in [0.15, 0.2) is 5.96 Å². The molecule has 0 spiro atoms. The Balaban J connectivity index is 1.41. The lowest BCUT2D eigenvalue weighted by atomic mass is 10.1. The molecule has 3 heterocycles. The van der Waals surface area contributed by atoms with Gasteiger partial charge in [0.05, 0.1) is 19.8 Å². The summed E-state index contributed by atoms with van der Waals surface area (Å²) in [6.45, 7) is 7.55. The number of pyridine rings is 1. The SMILES string of the molecule is CCNC(=NCc1ccnc(-n2ccnc2)c1)NCCCOCC1CCOC1. The Morgan fingerprint density at radius 2 is 2.36 bits per heavy atom. The smallest absolute Gasteiger partial charge is 0.191 e. The summed E-state index contributed by atoms with van der Waals surface area (Å²) in [5.41, 5.74) is 1.10. The lowest BCUT2D eigenvalue weighted by molar-refractivity contribution is 0.0888. The van der Waals surface area contributed by atoms with Gasteiger partial charge in [0.2, 0.25) is 0 Å². The Labute approximate surface area is 166 Å². The lowest BCUT2D eigenvalue weighted by Gasteiger charge is -2.12. The molecule has 0 bridgehead atoms. The van der Waals surface area contributed by atoms with Crippen LogP contribution in [0.3, 0.4) is 0 Å². The van der Waals surface area contributed by atoms with E-state index in [0.717, 1.165) is 69.7 Å². The van der Waals surface area contributed by atoms with Crippen LogP contribution in [0.5, 0.6) is 0 Å². The summed E-state index contributed by atoms with van der Waals surface area (Å²) in [5.74, 6) is 2.22. The number of guanidine groups is 1. The first-order valence-corrected chi connectivity index (χ1v) is 9.96. The third kappa shape index (κ3) is 6.61. The molecule has 0 aromatic carbocycles. The van der Waals surface area contributed by atoms with Gasteiger partial charge in [-0.2, -0.15) is 0 Å². The van der Waals surface area contributed by atoms with Gasteiger partial charge in [-0.1, -0.05) is 0 Å². The van der Waals surface area contributed by atoms with Crippen molar-refractivity contribution in [3.05, 3.63) is 42.6 Å². The van der Waals surface area contributed by atoms with Gasteiger partial charge in [0, 0.05) is 50.8 Å². The van der Waals surface area contributed by atoms with E-state index in [2.05, 4.69) is 32.5 Å². The van der Waals surface area contributed by atoms with Gasteiger partial charge in [-0.25, -0.2) is 15.0 Å². The van der Waals surface area contributed by atoms with Crippen molar-refractivity contribution in [2.45, 2.75) is 26.3 Å². The predicted octanol–water partition coefficient (Wildman–Crippen LogP) is 1.77. The Morgan fingerprint density at radius 1 is 1.39 bits per heavy atom. The Bertz CT molecular complexity index is 713. The zero-order valence-electron chi connectivity index (χ0n) is 16.5. The van der Waals surface area contributed by atoms with E-state index in [1.54, 1.807) is 18.7 Å². The third-order valence-electron chi connectivity index (χ3n) is 4.48. The zero-order valence-corrected chi connectivity index (χ0v) is 16.5. The van der Waals surface area contributed by atoms with Crippen LogP contribution in [0.15, 0.2) is 42.0 Å². The highest BCUT2D eigenvalue weighted by atomic mass is 16.5. The minimum absolute atomic E-state index is 0.569. The molecule has 0 aliphatic carbocycles. The maximum absolute atomic E-state index is 5.74. The van der Waals surface area contributed by atoms with Crippen molar-refractivity contribution in [1.29, 1.82) is 0 Å². The fraction of sp³-hybridized carbons (Fsp3) is 0.550. The van der Waals surface area contributed by atoms with Crippen molar-refractivity contribution in [3.8, 4) is 5.82 Å². The minimum Gasteiger partial charge on any atom is -0.381 e. The predicted molar refractivity (Wildman–Crippen MR) is 109 cm³/mol. The molecule has 1 aliphatic rings. The fourth-order valence-corrected chi connectivity index (χ4v) is 2.95. The van der Waals surface area contributed by atoms with Gasteiger partial charge in [0.25, 0.3) is 0 Å². The van der Waals surface area contributed by atoms with E-state index in [0.29, 0.717) is 12.5 Å². The first-order chi connectivity index (χ1) is 13.8. The molecule has 0 amide bonds. The Hall–Kier alpha value is -2.45. The van der Waals surface area contributed by atoms with Gasteiger partial charge in [0.1, 0.15) is 12.1 Å². The molecular weight excluding hydrogens is 356 g/mol. The van der Waals surface area contributed by atoms with E-state index in [1.165, 1.54) is 0 Å². The van der Waals surface area contributed by atoms with Crippen molar-refractivity contribution in [3.63, 3.8) is 0 Å². The highest BCUT2D eigenvalue weighted by Crippen LogP contribution is 2.12. The van der Waals surface area contributed by atoms with E-state index in [1.807, 2.05) is 22.9 Å². The normalized spacial score (nSPS) is 17.0. The molecule has 1 atom stereocenters. The topological polar surface area (TPSA) is 85.6 Å². The molecule has 1 fully saturated rings. The summed E-state index contributed by atoms with van der Waals surface area (Å²) in [6, 6.07) is 4.00. The number of rotatable bonds is 10. The molecule has 2 N–H and O–H groups in total. The summed E-state index contributed by atoms with van der Waals surface area (Å²) in [7, 11) is 0. The highest BCUT2D eigenvalue weighted by molar-refractivity contribution is 5.79. The molecule has 2 aromatic heterocycles. The molecule has 8 heteroatoms. The van der Waals surface area contributed by atoms with Crippen LogP contribution in [0.2, 0.25) is 0 Å². The maximum Gasteiger partial charge on any atom is 0.191 e. The fourth-order valence-electron chi connectivity index (χ4n) is 2.95. The van der Waals surface area contributed by atoms with E-state index in [9.17, 15) is 0 Å². The van der Waals surface area contributed by atoms with Crippen molar-refractivity contribution >= 4 is 5.96 Å². The monoisotopic (exact) mass is 386 g/mol. The Kier molecular flexibility index (Phi) is 8.26. The van der Waals surface area contributed by atoms with Crippen molar-refractivity contribution < 1.29 is 9.47 Å². The molecular formula is C20H30N6O2. The molecule has 2 aromatic rings. The van der Waals surface area contributed by atoms with Gasteiger partial charge < -0.3 is 20.1 Å². The molecule has 3 rings (SSSR count). The van der Waals surface area contributed by atoms with Crippen LogP contribution in [0.1, 0.15) is 25.3 Å². The largest absolute Gasteiger partial charge is 0.381 e. The van der Waals surface area contributed by atoms with E-state index >= 15 is 0 Å². The molecule has 152 valence electrons. The van der Waals surface area contributed by atoms with E-state index in [4.69, 9.17) is 9.47 Å². The Morgan fingerprint density at radius 3 is 3.14 bits per heavy atom. The number of nitrogens with one attached hydrogen (secondary N) is 2. The van der Waals surface area contributed by atoms with E-state index in [-0.39, 0.29) is 0 Å². The van der Waals surface area contributed by atoms with Crippen LogP contribution >= 0.6 is 0 Å². The number of aliphatic imine (C=N–C) groups is 1. The summed E-state index contributed by atoms with van der Waals surface area (Å²) in [4.78, 5) is 13.1.